The Kier molecular flexibility index (Phi) is 2.68. The Morgan fingerprint density at radius 1 is 1.17 bits per heavy atom. The molecule has 6 heteroatoms. The molecule has 1 aromatic carbocycles. The van der Waals surface area contributed by atoms with Gasteiger partial charge in [-0.1, -0.05) is 18.2 Å². The molecule has 2 rings (SSSR count). The monoisotopic (exact) mass is 256 g/mol. The second kappa shape index (κ2) is 3.83. The van der Waals surface area contributed by atoms with E-state index in [9.17, 15) is 18.0 Å². The third-order valence-electron chi connectivity index (χ3n) is 2.79. The number of hydrogen-bond donors (Lipinski definition) is 0. The first-order valence-corrected chi connectivity index (χ1v) is 5.30. The van der Waals surface area contributed by atoms with Gasteiger partial charge < -0.3 is 0 Å². The summed E-state index contributed by atoms with van der Waals surface area (Å²) >= 11 is 0. The summed E-state index contributed by atoms with van der Waals surface area (Å²) in [4.78, 5) is 12.0. The molecule has 0 saturated heterocycles. The van der Waals surface area contributed by atoms with Crippen molar-refractivity contribution in [2.45, 2.75) is 20.0 Å². The van der Waals surface area contributed by atoms with Gasteiger partial charge in [-0.05, 0) is 26.0 Å². The number of rotatable bonds is 1. The highest BCUT2D eigenvalue weighted by Crippen LogP contribution is 2.38. The van der Waals surface area contributed by atoms with Gasteiger partial charge in [0.1, 0.15) is 0 Å². The number of hydrogen-bond acceptors (Lipinski definition) is 2. The fraction of sp³-hybridized carbons (Fsp3) is 0.333. The molecule has 18 heavy (non-hydrogen) atoms. The van der Waals surface area contributed by atoms with Crippen molar-refractivity contribution in [1.82, 2.24) is 0 Å². The van der Waals surface area contributed by atoms with Crippen molar-refractivity contribution >= 4 is 17.3 Å². The zero-order chi connectivity index (χ0) is 13.6. The van der Waals surface area contributed by atoms with Crippen molar-refractivity contribution in [1.29, 1.82) is 0 Å². The lowest BCUT2D eigenvalue weighted by Gasteiger charge is -2.20. The number of anilines is 1. The van der Waals surface area contributed by atoms with E-state index >= 15 is 0 Å². The normalized spacial score (nSPS) is 19.1. The standard InChI is InChI=1S/C12H11F3N2O/c1-11(2)9(12(13,14)15)16-17(10(11)18)8-6-4-3-5-7-8/h3-7H,1-2H3. The van der Waals surface area contributed by atoms with Crippen LogP contribution in [-0.2, 0) is 4.79 Å². The highest BCUT2D eigenvalue weighted by Gasteiger charge is 2.55. The van der Waals surface area contributed by atoms with Crippen molar-refractivity contribution in [3.63, 3.8) is 0 Å². The Morgan fingerprint density at radius 2 is 1.72 bits per heavy atom. The number of carbonyl (C=O) groups is 1. The number of amides is 1. The zero-order valence-electron chi connectivity index (χ0n) is 9.82. The van der Waals surface area contributed by atoms with Gasteiger partial charge >= 0.3 is 6.18 Å². The van der Waals surface area contributed by atoms with Crippen LogP contribution in [0.15, 0.2) is 35.4 Å². The first kappa shape index (κ1) is 12.6. The molecule has 1 amide bonds. The lowest BCUT2D eigenvalue weighted by molar-refractivity contribution is -0.124. The molecule has 0 bridgehead atoms. The van der Waals surface area contributed by atoms with E-state index in [2.05, 4.69) is 5.10 Å². The van der Waals surface area contributed by atoms with Gasteiger partial charge in [-0.2, -0.15) is 23.3 Å². The third-order valence-corrected chi connectivity index (χ3v) is 2.79. The van der Waals surface area contributed by atoms with E-state index in [1.165, 1.54) is 26.0 Å². The summed E-state index contributed by atoms with van der Waals surface area (Å²) in [7, 11) is 0. The van der Waals surface area contributed by atoms with Gasteiger partial charge in [-0.3, -0.25) is 4.79 Å². The predicted octanol–water partition coefficient (Wildman–Crippen LogP) is 2.98. The van der Waals surface area contributed by atoms with E-state index in [4.69, 9.17) is 0 Å². The highest BCUT2D eigenvalue weighted by atomic mass is 19.4. The molecule has 0 saturated carbocycles. The first-order valence-electron chi connectivity index (χ1n) is 5.30. The maximum absolute atomic E-state index is 12.8. The maximum atomic E-state index is 12.8. The van der Waals surface area contributed by atoms with Crippen LogP contribution >= 0.6 is 0 Å². The molecule has 0 N–H and O–H groups in total. The van der Waals surface area contributed by atoms with Crippen molar-refractivity contribution in [2.24, 2.45) is 10.5 Å². The number of carbonyl (C=O) groups excluding carboxylic acids is 1. The van der Waals surface area contributed by atoms with E-state index in [1.807, 2.05) is 0 Å². The van der Waals surface area contributed by atoms with E-state index in [1.54, 1.807) is 18.2 Å². The number of halogens is 3. The molecule has 96 valence electrons. The second-order valence-corrected chi connectivity index (χ2v) is 4.52. The summed E-state index contributed by atoms with van der Waals surface area (Å²) < 4.78 is 38.4. The van der Waals surface area contributed by atoms with Gasteiger partial charge in [0.05, 0.1) is 11.1 Å². The average Bonchev–Trinajstić information content (AvgIpc) is 2.52. The molecular formula is C12H11F3N2O. The SMILES string of the molecule is CC1(C)C(=O)N(c2ccccc2)N=C1C(F)(F)F. The molecule has 0 aromatic heterocycles. The minimum Gasteiger partial charge on any atom is -0.271 e. The molecule has 1 heterocycles. The largest absolute Gasteiger partial charge is 0.432 e. The molecule has 0 atom stereocenters. The van der Waals surface area contributed by atoms with E-state index < -0.39 is 23.2 Å². The summed E-state index contributed by atoms with van der Waals surface area (Å²) in [6.07, 6.45) is -4.61. The Hall–Kier alpha value is -1.85. The molecule has 1 aromatic rings. The molecule has 0 fully saturated rings. The lowest BCUT2D eigenvalue weighted by Crippen LogP contribution is -2.40. The van der Waals surface area contributed by atoms with Crippen LogP contribution in [0.2, 0.25) is 0 Å². The van der Waals surface area contributed by atoms with Crippen LogP contribution in [0, 0.1) is 5.41 Å². The van der Waals surface area contributed by atoms with Crippen LogP contribution in [-0.4, -0.2) is 17.8 Å². The average molecular weight is 256 g/mol. The third kappa shape index (κ3) is 1.87. The lowest BCUT2D eigenvalue weighted by atomic mass is 9.87. The van der Waals surface area contributed by atoms with Crippen molar-refractivity contribution in [2.75, 3.05) is 5.01 Å². The Bertz CT molecular complexity index is 506. The molecular weight excluding hydrogens is 245 g/mol. The summed E-state index contributed by atoms with van der Waals surface area (Å²) in [5.41, 5.74) is -2.40. The predicted molar refractivity (Wildman–Crippen MR) is 61.2 cm³/mol. The Labute approximate surface area is 102 Å². The topological polar surface area (TPSA) is 32.7 Å². The zero-order valence-corrected chi connectivity index (χ0v) is 9.82. The van der Waals surface area contributed by atoms with Gasteiger partial charge in [-0.15, -0.1) is 0 Å². The summed E-state index contributed by atoms with van der Waals surface area (Å²) in [5.74, 6) is -0.680. The van der Waals surface area contributed by atoms with E-state index in [-0.39, 0.29) is 0 Å². The number of hydrazone groups is 1. The van der Waals surface area contributed by atoms with Crippen molar-refractivity contribution in [3.8, 4) is 0 Å². The van der Waals surface area contributed by atoms with Gasteiger partial charge in [0, 0.05) is 0 Å². The summed E-state index contributed by atoms with van der Waals surface area (Å²) in [6.45, 7) is 2.45. The van der Waals surface area contributed by atoms with Crippen molar-refractivity contribution < 1.29 is 18.0 Å². The van der Waals surface area contributed by atoms with Gasteiger partial charge in [0.25, 0.3) is 5.91 Å². The van der Waals surface area contributed by atoms with Crippen molar-refractivity contribution in [3.05, 3.63) is 30.3 Å². The number of nitrogens with zero attached hydrogens (tertiary/aromatic N) is 2. The fourth-order valence-electron chi connectivity index (χ4n) is 1.79. The minimum atomic E-state index is -4.61. The van der Waals surface area contributed by atoms with Gasteiger partial charge in [-0.25, -0.2) is 0 Å². The molecule has 1 aliphatic heterocycles. The summed E-state index contributed by atoms with van der Waals surface area (Å²) in [6, 6.07) is 8.06. The van der Waals surface area contributed by atoms with E-state index in [0.29, 0.717) is 5.69 Å². The maximum Gasteiger partial charge on any atom is 0.432 e. The van der Waals surface area contributed by atoms with Crippen LogP contribution < -0.4 is 5.01 Å². The Morgan fingerprint density at radius 3 is 2.17 bits per heavy atom. The van der Waals surface area contributed by atoms with E-state index in [0.717, 1.165) is 5.01 Å². The van der Waals surface area contributed by atoms with Gasteiger partial charge in [0.15, 0.2) is 5.71 Å². The number of para-hydroxylation sites is 1. The highest BCUT2D eigenvalue weighted by molar-refractivity contribution is 6.20. The van der Waals surface area contributed by atoms with Crippen LogP contribution in [0.3, 0.4) is 0 Å². The minimum absolute atomic E-state index is 0.329. The summed E-state index contributed by atoms with van der Waals surface area (Å²) in [5, 5.41) is 4.25. The smallest absolute Gasteiger partial charge is 0.271 e. The van der Waals surface area contributed by atoms with Crippen LogP contribution in [0.1, 0.15) is 13.8 Å². The first-order chi connectivity index (χ1) is 8.24. The molecule has 1 aliphatic rings. The fourth-order valence-corrected chi connectivity index (χ4v) is 1.79. The molecule has 3 nitrogen and oxygen atoms in total. The van der Waals surface area contributed by atoms with Crippen LogP contribution in [0.5, 0.6) is 0 Å². The van der Waals surface area contributed by atoms with Gasteiger partial charge in [0.2, 0.25) is 0 Å². The Balaban J connectivity index is 2.48. The molecule has 0 aliphatic carbocycles. The number of alkyl halides is 3. The quantitative estimate of drug-likeness (QED) is 0.760. The number of benzene rings is 1. The molecule has 0 unspecified atom stereocenters. The second-order valence-electron chi connectivity index (χ2n) is 4.52. The molecule has 0 spiro atoms. The van der Waals surface area contributed by atoms with Crippen LogP contribution in [0.25, 0.3) is 0 Å². The van der Waals surface area contributed by atoms with Crippen LogP contribution in [0.4, 0.5) is 18.9 Å². The molecule has 0 radical (unpaired) electrons.